The minimum absolute atomic E-state index is 0.0544. The summed E-state index contributed by atoms with van der Waals surface area (Å²) in [5.41, 5.74) is 6.97. The van der Waals surface area contributed by atoms with Crippen LogP contribution in [-0.2, 0) is 6.54 Å². The molecule has 1 aliphatic heterocycles. The van der Waals surface area contributed by atoms with Gasteiger partial charge >= 0.3 is 0 Å². The number of piperidine rings is 1. The normalized spacial score (nSPS) is 18.4. The molecule has 116 valence electrons. The summed E-state index contributed by atoms with van der Waals surface area (Å²) < 4.78 is 13.4. The van der Waals surface area contributed by atoms with Crippen molar-refractivity contribution in [1.82, 2.24) is 9.80 Å². The molecule has 1 fully saturated rings. The number of rotatable bonds is 4. The SMILES string of the molecule is CN1CCC(N(C)Cc2ccc(F)cc2C(N)=NO)CC1. The summed E-state index contributed by atoms with van der Waals surface area (Å²) in [6, 6.07) is 4.93. The topological polar surface area (TPSA) is 65.1 Å². The summed E-state index contributed by atoms with van der Waals surface area (Å²) in [4.78, 5) is 4.58. The first-order chi connectivity index (χ1) is 10.0. The van der Waals surface area contributed by atoms with Gasteiger partial charge in [0.25, 0.3) is 0 Å². The molecule has 2 rings (SSSR count). The summed E-state index contributed by atoms with van der Waals surface area (Å²) in [7, 11) is 4.20. The molecule has 1 aromatic rings. The molecular formula is C15H23FN4O. The number of amidine groups is 1. The van der Waals surface area contributed by atoms with E-state index in [-0.39, 0.29) is 11.7 Å². The van der Waals surface area contributed by atoms with E-state index in [2.05, 4.69) is 29.1 Å². The Kier molecular flexibility index (Phi) is 5.14. The lowest BCUT2D eigenvalue weighted by Crippen LogP contribution is -2.41. The van der Waals surface area contributed by atoms with Crippen molar-refractivity contribution in [3.05, 3.63) is 35.1 Å². The zero-order valence-electron chi connectivity index (χ0n) is 12.6. The maximum absolute atomic E-state index is 13.4. The smallest absolute Gasteiger partial charge is 0.170 e. The van der Waals surface area contributed by atoms with E-state index in [1.54, 1.807) is 6.07 Å². The van der Waals surface area contributed by atoms with E-state index in [0.717, 1.165) is 31.5 Å². The number of nitrogens with zero attached hydrogens (tertiary/aromatic N) is 3. The largest absolute Gasteiger partial charge is 0.409 e. The molecule has 1 aliphatic rings. The Bertz CT molecular complexity index is 512. The molecule has 3 N–H and O–H groups in total. The van der Waals surface area contributed by atoms with E-state index >= 15 is 0 Å². The van der Waals surface area contributed by atoms with Crippen LogP contribution in [0.15, 0.2) is 23.4 Å². The molecule has 0 amide bonds. The van der Waals surface area contributed by atoms with Crippen molar-refractivity contribution in [1.29, 1.82) is 0 Å². The summed E-state index contributed by atoms with van der Waals surface area (Å²) in [6.45, 7) is 2.83. The lowest BCUT2D eigenvalue weighted by molar-refractivity contribution is 0.139. The second-order valence-corrected chi connectivity index (χ2v) is 5.74. The maximum Gasteiger partial charge on any atom is 0.170 e. The predicted molar refractivity (Wildman–Crippen MR) is 80.9 cm³/mol. The Morgan fingerprint density at radius 1 is 1.48 bits per heavy atom. The summed E-state index contributed by atoms with van der Waals surface area (Å²) in [6.07, 6.45) is 2.24. The Hall–Kier alpha value is -1.66. The van der Waals surface area contributed by atoms with Crippen LogP contribution in [-0.4, -0.2) is 54.1 Å². The molecule has 0 saturated carbocycles. The fraction of sp³-hybridized carbons (Fsp3) is 0.533. The van der Waals surface area contributed by atoms with Gasteiger partial charge in [0.05, 0.1) is 0 Å². The molecule has 0 aromatic heterocycles. The third-order valence-corrected chi connectivity index (χ3v) is 4.19. The maximum atomic E-state index is 13.4. The van der Waals surface area contributed by atoms with Crippen molar-refractivity contribution >= 4 is 5.84 Å². The van der Waals surface area contributed by atoms with Crippen LogP contribution in [0.1, 0.15) is 24.0 Å². The van der Waals surface area contributed by atoms with E-state index in [4.69, 9.17) is 10.9 Å². The summed E-state index contributed by atoms with van der Waals surface area (Å²) in [5, 5.41) is 11.8. The highest BCUT2D eigenvalue weighted by molar-refractivity contribution is 5.98. The van der Waals surface area contributed by atoms with Crippen LogP contribution >= 0.6 is 0 Å². The standard InChI is InChI=1S/C15H23FN4O/c1-19-7-5-13(6-8-19)20(2)10-11-3-4-12(16)9-14(11)15(17)18-21/h3-4,9,13,21H,5-8,10H2,1-2H3,(H2,17,18). The molecule has 0 atom stereocenters. The van der Waals surface area contributed by atoms with Gasteiger partial charge in [-0.2, -0.15) is 0 Å². The molecule has 5 nitrogen and oxygen atoms in total. The van der Waals surface area contributed by atoms with Crippen LogP contribution < -0.4 is 5.73 Å². The molecule has 0 unspecified atom stereocenters. The van der Waals surface area contributed by atoms with Crippen molar-refractivity contribution in [2.45, 2.75) is 25.4 Å². The highest BCUT2D eigenvalue weighted by Gasteiger charge is 2.21. The zero-order chi connectivity index (χ0) is 15.4. The fourth-order valence-electron chi connectivity index (χ4n) is 2.81. The number of benzene rings is 1. The van der Waals surface area contributed by atoms with Crippen LogP contribution in [0.4, 0.5) is 4.39 Å². The van der Waals surface area contributed by atoms with Crippen LogP contribution in [0, 0.1) is 5.82 Å². The van der Waals surface area contributed by atoms with E-state index < -0.39 is 0 Å². The van der Waals surface area contributed by atoms with Gasteiger partial charge < -0.3 is 15.8 Å². The summed E-state index contributed by atoms with van der Waals surface area (Å²) in [5.74, 6) is -0.441. The van der Waals surface area contributed by atoms with E-state index in [1.807, 2.05) is 0 Å². The van der Waals surface area contributed by atoms with Crippen molar-refractivity contribution in [3.8, 4) is 0 Å². The van der Waals surface area contributed by atoms with Gasteiger partial charge in [0.1, 0.15) is 5.82 Å². The number of oxime groups is 1. The molecule has 1 saturated heterocycles. The Morgan fingerprint density at radius 2 is 2.14 bits per heavy atom. The Labute approximate surface area is 124 Å². The van der Waals surface area contributed by atoms with E-state index in [9.17, 15) is 4.39 Å². The average molecular weight is 294 g/mol. The first-order valence-electron chi connectivity index (χ1n) is 7.16. The average Bonchev–Trinajstić information content (AvgIpc) is 2.48. The van der Waals surface area contributed by atoms with E-state index in [0.29, 0.717) is 18.2 Å². The molecule has 1 aromatic carbocycles. The Balaban J connectivity index is 2.12. The first kappa shape index (κ1) is 15.7. The van der Waals surface area contributed by atoms with Gasteiger partial charge in [-0.25, -0.2) is 4.39 Å². The first-order valence-corrected chi connectivity index (χ1v) is 7.16. The highest BCUT2D eigenvalue weighted by atomic mass is 19.1. The van der Waals surface area contributed by atoms with Gasteiger partial charge in [-0.1, -0.05) is 11.2 Å². The highest BCUT2D eigenvalue weighted by Crippen LogP contribution is 2.19. The predicted octanol–water partition coefficient (Wildman–Crippen LogP) is 1.45. The van der Waals surface area contributed by atoms with E-state index in [1.165, 1.54) is 12.1 Å². The summed E-state index contributed by atoms with van der Waals surface area (Å²) >= 11 is 0. The van der Waals surface area contributed by atoms with Gasteiger partial charge in [0.15, 0.2) is 5.84 Å². The third kappa shape index (κ3) is 3.92. The molecule has 21 heavy (non-hydrogen) atoms. The van der Waals surface area contributed by atoms with Crippen molar-refractivity contribution in [2.75, 3.05) is 27.2 Å². The third-order valence-electron chi connectivity index (χ3n) is 4.19. The fourth-order valence-corrected chi connectivity index (χ4v) is 2.81. The molecule has 0 aliphatic carbocycles. The van der Waals surface area contributed by atoms with Gasteiger partial charge in [-0.15, -0.1) is 0 Å². The number of hydrogen-bond donors (Lipinski definition) is 2. The van der Waals surface area contributed by atoms with Crippen molar-refractivity contribution in [3.63, 3.8) is 0 Å². The van der Waals surface area contributed by atoms with Crippen molar-refractivity contribution < 1.29 is 9.60 Å². The zero-order valence-corrected chi connectivity index (χ0v) is 12.6. The van der Waals surface area contributed by atoms with Crippen LogP contribution in [0.25, 0.3) is 0 Å². The molecule has 6 heteroatoms. The van der Waals surface area contributed by atoms with Gasteiger partial charge in [-0.05, 0) is 57.7 Å². The second-order valence-electron chi connectivity index (χ2n) is 5.74. The number of hydrogen-bond acceptors (Lipinski definition) is 4. The molecule has 1 heterocycles. The minimum Gasteiger partial charge on any atom is -0.409 e. The van der Waals surface area contributed by atoms with Gasteiger partial charge in [0, 0.05) is 18.2 Å². The van der Waals surface area contributed by atoms with Gasteiger partial charge in [0.2, 0.25) is 0 Å². The van der Waals surface area contributed by atoms with Crippen LogP contribution in [0.5, 0.6) is 0 Å². The Morgan fingerprint density at radius 3 is 2.76 bits per heavy atom. The second kappa shape index (κ2) is 6.87. The number of nitrogens with two attached hydrogens (primary N) is 1. The van der Waals surface area contributed by atoms with Crippen LogP contribution in [0.3, 0.4) is 0 Å². The van der Waals surface area contributed by atoms with Gasteiger partial charge in [-0.3, -0.25) is 4.90 Å². The number of likely N-dealkylation sites (tertiary alicyclic amines) is 1. The lowest BCUT2D eigenvalue weighted by atomic mass is 10.0. The van der Waals surface area contributed by atoms with Crippen LogP contribution in [0.2, 0.25) is 0 Å². The molecular weight excluding hydrogens is 271 g/mol. The lowest BCUT2D eigenvalue weighted by Gasteiger charge is -2.35. The molecule has 0 radical (unpaired) electrons. The van der Waals surface area contributed by atoms with Crippen molar-refractivity contribution in [2.24, 2.45) is 10.9 Å². The number of halogens is 1. The monoisotopic (exact) mass is 294 g/mol. The quantitative estimate of drug-likeness (QED) is 0.382. The minimum atomic E-state index is -0.387. The molecule has 0 spiro atoms. The molecule has 0 bridgehead atoms.